The van der Waals surface area contributed by atoms with E-state index in [1.165, 1.54) is 43.5 Å². The maximum Gasteiger partial charge on any atom is 0.160 e. The molecular formula is C45H31N3S. The van der Waals surface area contributed by atoms with E-state index < -0.39 is 0 Å². The first kappa shape index (κ1) is 29.4. The summed E-state index contributed by atoms with van der Waals surface area (Å²) in [6.45, 7) is 4.52. The number of allylic oxidation sites excluding steroid dienone is 1. The number of benzene rings is 6. The zero-order valence-electron chi connectivity index (χ0n) is 27.2. The maximum atomic E-state index is 9.93. The highest BCUT2D eigenvalue weighted by Gasteiger charge is 2.35. The molecule has 1 aromatic heterocycles. The van der Waals surface area contributed by atoms with E-state index in [2.05, 4.69) is 129 Å². The number of nitriles is 1. The van der Waals surface area contributed by atoms with E-state index in [1.807, 2.05) is 30.3 Å². The SMILES string of the molecule is CC1(C)c2cccc(C#N)c2Sc2c(-c3ccc(-c4cc(-c5cc6c7c(cccc7c5)CC=C6)nc(-c5ccccc5)n4)cc3)cccc21. The lowest BCUT2D eigenvalue weighted by atomic mass is 9.76. The van der Waals surface area contributed by atoms with Gasteiger partial charge in [0.2, 0.25) is 0 Å². The van der Waals surface area contributed by atoms with Crippen LogP contribution in [0.15, 0.2) is 143 Å². The van der Waals surface area contributed by atoms with Crippen molar-refractivity contribution in [1.82, 2.24) is 9.97 Å². The van der Waals surface area contributed by atoms with Crippen LogP contribution in [0.3, 0.4) is 0 Å². The Bertz CT molecular complexity index is 2520. The molecule has 0 N–H and O–H groups in total. The molecule has 0 radical (unpaired) electrons. The summed E-state index contributed by atoms with van der Waals surface area (Å²) in [7, 11) is 0. The molecule has 0 spiro atoms. The molecule has 6 aromatic carbocycles. The topological polar surface area (TPSA) is 49.6 Å². The van der Waals surface area contributed by atoms with Gasteiger partial charge >= 0.3 is 0 Å². The van der Waals surface area contributed by atoms with E-state index in [9.17, 15) is 5.26 Å². The van der Waals surface area contributed by atoms with Gasteiger partial charge in [-0.1, -0.05) is 141 Å². The molecular weight excluding hydrogens is 615 g/mol. The van der Waals surface area contributed by atoms with Gasteiger partial charge in [-0.3, -0.25) is 0 Å². The van der Waals surface area contributed by atoms with Crippen LogP contribution in [0.2, 0.25) is 0 Å². The minimum atomic E-state index is -0.220. The van der Waals surface area contributed by atoms with Crippen LogP contribution < -0.4 is 0 Å². The number of aromatic nitrogens is 2. The number of rotatable bonds is 4. The highest BCUT2D eigenvalue weighted by molar-refractivity contribution is 7.99. The van der Waals surface area contributed by atoms with E-state index in [0.717, 1.165) is 50.5 Å². The predicted molar refractivity (Wildman–Crippen MR) is 201 cm³/mol. The van der Waals surface area contributed by atoms with Gasteiger partial charge < -0.3 is 0 Å². The standard InChI is InChI=1S/C45H31N3S/c1-45(2)37-18-8-16-34(27-46)42(37)49-43-36(17-9-19-38(43)45)28-20-22-29(23-21-28)39-26-40(48-44(47-39)31-10-4-3-5-11-31)35-24-32-14-6-12-30-13-7-15-33(25-35)41(30)32/h3-12,14-26H,13H2,1-2H3. The molecule has 2 heterocycles. The fourth-order valence-corrected chi connectivity index (χ4v) is 9.01. The van der Waals surface area contributed by atoms with Crippen LogP contribution in [-0.2, 0) is 11.8 Å². The van der Waals surface area contributed by atoms with Crippen molar-refractivity contribution in [2.24, 2.45) is 0 Å². The van der Waals surface area contributed by atoms with Crippen LogP contribution in [0.4, 0.5) is 0 Å². The number of fused-ring (bicyclic) bond motifs is 2. The van der Waals surface area contributed by atoms with Gasteiger partial charge in [0.1, 0.15) is 6.07 Å². The summed E-state index contributed by atoms with van der Waals surface area (Å²) in [6.07, 6.45) is 5.44. The normalized spacial score (nSPS) is 13.8. The minimum absolute atomic E-state index is 0.220. The molecule has 0 saturated carbocycles. The summed E-state index contributed by atoms with van der Waals surface area (Å²) in [5.74, 6) is 0.706. The van der Waals surface area contributed by atoms with Crippen LogP contribution in [0.1, 0.15) is 41.7 Å². The van der Waals surface area contributed by atoms with Crippen molar-refractivity contribution in [3.63, 3.8) is 0 Å². The second-order valence-electron chi connectivity index (χ2n) is 13.3. The van der Waals surface area contributed by atoms with Crippen molar-refractivity contribution in [2.45, 2.75) is 35.5 Å². The quantitative estimate of drug-likeness (QED) is 0.191. The van der Waals surface area contributed by atoms with E-state index in [4.69, 9.17) is 9.97 Å². The number of hydrogen-bond donors (Lipinski definition) is 0. The number of hydrogen-bond acceptors (Lipinski definition) is 4. The third-order valence-corrected chi connectivity index (χ3v) is 11.3. The molecule has 7 aromatic rings. The molecule has 1 aliphatic heterocycles. The van der Waals surface area contributed by atoms with Gasteiger partial charge in [0.15, 0.2) is 5.82 Å². The summed E-state index contributed by atoms with van der Waals surface area (Å²) >= 11 is 1.72. The average Bonchev–Trinajstić information content (AvgIpc) is 3.15. The van der Waals surface area contributed by atoms with Gasteiger partial charge in [0.05, 0.1) is 17.0 Å². The lowest BCUT2D eigenvalue weighted by Gasteiger charge is -2.36. The zero-order valence-corrected chi connectivity index (χ0v) is 28.1. The molecule has 0 fully saturated rings. The molecule has 232 valence electrons. The second-order valence-corrected chi connectivity index (χ2v) is 14.3. The molecule has 0 bridgehead atoms. The first-order valence-corrected chi connectivity index (χ1v) is 17.4. The Morgan fingerprint density at radius 2 is 1.37 bits per heavy atom. The van der Waals surface area contributed by atoms with Gasteiger partial charge in [0, 0.05) is 31.9 Å². The summed E-state index contributed by atoms with van der Waals surface area (Å²) in [6, 6.07) is 47.3. The maximum absolute atomic E-state index is 9.93. The largest absolute Gasteiger partial charge is 0.228 e. The Balaban J connectivity index is 1.15. The first-order chi connectivity index (χ1) is 24.0. The van der Waals surface area contributed by atoms with Crippen molar-refractivity contribution >= 4 is 28.6 Å². The van der Waals surface area contributed by atoms with Crippen molar-refractivity contribution in [3.8, 4) is 51.1 Å². The zero-order chi connectivity index (χ0) is 33.1. The average molecular weight is 646 g/mol. The first-order valence-electron chi connectivity index (χ1n) is 16.6. The fourth-order valence-electron chi connectivity index (χ4n) is 7.42. The van der Waals surface area contributed by atoms with E-state index in [0.29, 0.717) is 5.82 Å². The van der Waals surface area contributed by atoms with Crippen molar-refractivity contribution < 1.29 is 0 Å². The summed E-state index contributed by atoms with van der Waals surface area (Å²) < 4.78 is 0. The summed E-state index contributed by atoms with van der Waals surface area (Å²) in [5, 5.41) is 12.5. The molecule has 0 saturated heterocycles. The Hall–Kier alpha value is -5.76. The van der Waals surface area contributed by atoms with Gasteiger partial charge in [-0.15, -0.1) is 0 Å². The van der Waals surface area contributed by atoms with Gasteiger partial charge in [-0.2, -0.15) is 5.26 Å². The number of nitrogens with zero attached hydrogens (tertiary/aromatic N) is 3. The Labute approximate surface area is 290 Å². The molecule has 2 aliphatic rings. The predicted octanol–water partition coefficient (Wildman–Crippen LogP) is 11.5. The lowest BCUT2D eigenvalue weighted by Crippen LogP contribution is -2.24. The Kier molecular flexibility index (Phi) is 6.86. The highest BCUT2D eigenvalue weighted by atomic mass is 32.2. The lowest BCUT2D eigenvalue weighted by molar-refractivity contribution is 0.607. The van der Waals surface area contributed by atoms with E-state index in [1.54, 1.807) is 11.8 Å². The molecule has 9 rings (SSSR count). The fraction of sp³-hybridized carbons (Fsp3) is 0.0889. The molecule has 3 nitrogen and oxygen atoms in total. The Morgan fingerprint density at radius 1 is 0.653 bits per heavy atom. The van der Waals surface area contributed by atoms with Crippen LogP contribution in [-0.4, -0.2) is 9.97 Å². The van der Waals surface area contributed by atoms with E-state index in [-0.39, 0.29) is 5.41 Å². The van der Waals surface area contributed by atoms with Crippen molar-refractivity contribution in [2.75, 3.05) is 0 Å². The van der Waals surface area contributed by atoms with Gasteiger partial charge in [-0.25, -0.2) is 9.97 Å². The van der Waals surface area contributed by atoms with Crippen molar-refractivity contribution in [1.29, 1.82) is 5.26 Å². The van der Waals surface area contributed by atoms with Crippen molar-refractivity contribution in [3.05, 3.63) is 161 Å². The smallest absolute Gasteiger partial charge is 0.160 e. The molecule has 0 atom stereocenters. The molecule has 49 heavy (non-hydrogen) atoms. The van der Waals surface area contributed by atoms with Crippen LogP contribution in [0, 0.1) is 11.3 Å². The summed E-state index contributed by atoms with van der Waals surface area (Å²) in [5.41, 5.74) is 12.8. The highest BCUT2D eigenvalue weighted by Crippen LogP contribution is 2.53. The molecule has 1 aliphatic carbocycles. The van der Waals surface area contributed by atoms with Crippen LogP contribution in [0.5, 0.6) is 0 Å². The third-order valence-electron chi connectivity index (χ3n) is 9.98. The minimum Gasteiger partial charge on any atom is -0.228 e. The summed E-state index contributed by atoms with van der Waals surface area (Å²) in [4.78, 5) is 12.5. The molecule has 0 amide bonds. The molecule has 0 unspecified atom stereocenters. The third kappa shape index (κ3) is 4.89. The second kappa shape index (κ2) is 11.4. The Morgan fingerprint density at radius 3 is 2.16 bits per heavy atom. The van der Waals surface area contributed by atoms with Gasteiger partial charge in [0.25, 0.3) is 0 Å². The van der Waals surface area contributed by atoms with Crippen LogP contribution >= 0.6 is 11.8 Å². The van der Waals surface area contributed by atoms with E-state index >= 15 is 0 Å². The van der Waals surface area contributed by atoms with Crippen LogP contribution in [0.25, 0.3) is 61.9 Å². The van der Waals surface area contributed by atoms with Gasteiger partial charge in [-0.05, 0) is 74.8 Å². The monoisotopic (exact) mass is 645 g/mol. The molecule has 4 heteroatoms.